The van der Waals surface area contributed by atoms with Crippen LogP contribution in [0.1, 0.15) is 9.67 Å². The highest BCUT2D eigenvalue weighted by atomic mass is 79.9. The number of hydrogen-bond acceptors (Lipinski definition) is 3. The first-order chi connectivity index (χ1) is 9.61. The molecule has 0 aliphatic carbocycles. The molecule has 0 aliphatic heterocycles. The van der Waals surface area contributed by atoms with Gasteiger partial charge in [-0.1, -0.05) is 15.9 Å². The van der Waals surface area contributed by atoms with E-state index >= 15 is 0 Å². The number of halogens is 1. The highest BCUT2D eigenvalue weighted by Gasteiger charge is 2.10. The Labute approximate surface area is 128 Å². The van der Waals surface area contributed by atoms with Gasteiger partial charge in [-0.2, -0.15) is 0 Å². The van der Waals surface area contributed by atoms with Gasteiger partial charge < -0.3 is 11.1 Å². The standard InChI is InChI=1S/C15H11BrN2OS/c16-10-1-4-12(5-2-10)18-15(19)14-8-9-7-11(17)3-6-13(9)20-14/h1-8H,17H2,(H,18,19). The van der Waals surface area contributed by atoms with E-state index in [4.69, 9.17) is 5.73 Å². The van der Waals surface area contributed by atoms with Crippen molar-refractivity contribution in [1.29, 1.82) is 0 Å². The maximum Gasteiger partial charge on any atom is 0.265 e. The Morgan fingerprint density at radius 1 is 1.10 bits per heavy atom. The predicted molar refractivity (Wildman–Crippen MR) is 88.3 cm³/mol. The second-order valence-corrected chi connectivity index (χ2v) is 6.37. The van der Waals surface area contributed by atoms with Crippen molar-refractivity contribution < 1.29 is 4.79 Å². The van der Waals surface area contributed by atoms with Crippen LogP contribution in [0.4, 0.5) is 11.4 Å². The third kappa shape index (κ3) is 2.69. The first-order valence-corrected chi connectivity index (χ1v) is 7.59. The summed E-state index contributed by atoms with van der Waals surface area (Å²) in [6, 6.07) is 15.0. The van der Waals surface area contributed by atoms with Gasteiger partial charge in [-0.15, -0.1) is 11.3 Å². The largest absolute Gasteiger partial charge is 0.399 e. The summed E-state index contributed by atoms with van der Waals surface area (Å²) in [5.74, 6) is -0.105. The minimum absolute atomic E-state index is 0.105. The van der Waals surface area contributed by atoms with Crippen LogP contribution in [0.25, 0.3) is 10.1 Å². The van der Waals surface area contributed by atoms with E-state index in [1.165, 1.54) is 11.3 Å². The molecule has 3 N–H and O–H groups in total. The number of fused-ring (bicyclic) bond motifs is 1. The maximum absolute atomic E-state index is 12.2. The highest BCUT2D eigenvalue weighted by Crippen LogP contribution is 2.28. The lowest BCUT2D eigenvalue weighted by Crippen LogP contribution is -2.09. The molecule has 5 heteroatoms. The minimum Gasteiger partial charge on any atom is -0.399 e. The average molecular weight is 347 g/mol. The first-order valence-electron chi connectivity index (χ1n) is 5.98. The van der Waals surface area contributed by atoms with Crippen molar-refractivity contribution >= 4 is 54.6 Å². The summed E-state index contributed by atoms with van der Waals surface area (Å²) in [5, 5.41) is 3.88. The van der Waals surface area contributed by atoms with Gasteiger partial charge in [0, 0.05) is 20.5 Å². The van der Waals surface area contributed by atoms with Crippen LogP contribution >= 0.6 is 27.3 Å². The number of nitrogens with one attached hydrogen (secondary N) is 1. The summed E-state index contributed by atoms with van der Waals surface area (Å²) in [6.07, 6.45) is 0. The Kier molecular flexibility index (Phi) is 3.46. The van der Waals surface area contributed by atoms with Crippen molar-refractivity contribution in [2.75, 3.05) is 11.1 Å². The number of amides is 1. The Hall–Kier alpha value is -1.85. The molecule has 3 aromatic rings. The van der Waals surface area contributed by atoms with Gasteiger partial charge in [-0.3, -0.25) is 4.79 Å². The molecule has 20 heavy (non-hydrogen) atoms. The Balaban J connectivity index is 1.86. The fourth-order valence-corrected chi connectivity index (χ4v) is 3.10. The molecule has 100 valence electrons. The molecule has 2 aromatic carbocycles. The topological polar surface area (TPSA) is 55.1 Å². The summed E-state index contributed by atoms with van der Waals surface area (Å²) >= 11 is 4.82. The molecular weight excluding hydrogens is 336 g/mol. The smallest absolute Gasteiger partial charge is 0.265 e. The molecule has 0 fully saturated rings. The fraction of sp³-hybridized carbons (Fsp3) is 0. The van der Waals surface area contributed by atoms with Gasteiger partial charge in [0.1, 0.15) is 0 Å². The molecule has 1 amide bonds. The van der Waals surface area contributed by atoms with E-state index < -0.39 is 0 Å². The van der Waals surface area contributed by atoms with Crippen molar-refractivity contribution in [2.45, 2.75) is 0 Å². The lowest BCUT2D eigenvalue weighted by molar-refractivity contribution is 0.103. The van der Waals surface area contributed by atoms with Gasteiger partial charge in [0.2, 0.25) is 0 Å². The Bertz CT molecular complexity index is 780. The molecule has 3 nitrogen and oxygen atoms in total. The number of anilines is 2. The number of rotatable bonds is 2. The van der Waals surface area contributed by atoms with Crippen LogP contribution in [0.15, 0.2) is 53.0 Å². The quantitative estimate of drug-likeness (QED) is 0.671. The summed E-state index contributed by atoms with van der Waals surface area (Å²) in [7, 11) is 0. The molecule has 0 radical (unpaired) electrons. The zero-order valence-electron chi connectivity index (χ0n) is 10.4. The third-order valence-corrected chi connectivity index (χ3v) is 4.51. The molecule has 0 atom stereocenters. The molecule has 0 saturated heterocycles. The normalized spacial score (nSPS) is 10.7. The second kappa shape index (κ2) is 5.26. The molecule has 0 saturated carbocycles. The van der Waals surface area contributed by atoms with Crippen LogP contribution < -0.4 is 11.1 Å². The van der Waals surface area contributed by atoms with Crippen molar-refractivity contribution in [3.8, 4) is 0 Å². The van der Waals surface area contributed by atoms with E-state index in [-0.39, 0.29) is 5.91 Å². The fourth-order valence-electron chi connectivity index (χ4n) is 1.90. The third-order valence-electron chi connectivity index (χ3n) is 2.87. The molecule has 0 aliphatic rings. The maximum atomic E-state index is 12.2. The Morgan fingerprint density at radius 3 is 2.60 bits per heavy atom. The van der Waals surface area contributed by atoms with E-state index in [0.29, 0.717) is 10.6 Å². The zero-order chi connectivity index (χ0) is 14.1. The summed E-state index contributed by atoms with van der Waals surface area (Å²) in [4.78, 5) is 12.9. The molecular formula is C15H11BrN2OS. The number of nitrogens with two attached hydrogens (primary N) is 1. The summed E-state index contributed by atoms with van der Waals surface area (Å²) < 4.78 is 2.04. The van der Waals surface area contributed by atoms with Crippen LogP contribution in [-0.2, 0) is 0 Å². The SMILES string of the molecule is Nc1ccc2sc(C(=O)Nc3ccc(Br)cc3)cc2c1. The van der Waals surface area contributed by atoms with Crippen molar-refractivity contribution in [1.82, 2.24) is 0 Å². The Morgan fingerprint density at radius 2 is 1.85 bits per heavy atom. The van der Waals surface area contributed by atoms with Gasteiger partial charge in [0.15, 0.2) is 0 Å². The van der Waals surface area contributed by atoms with E-state index in [0.717, 1.165) is 20.2 Å². The van der Waals surface area contributed by atoms with Gasteiger partial charge in [-0.25, -0.2) is 0 Å². The molecule has 0 unspecified atom stereocenters. The second-order valence-electron chi connectivity index (χ2n) is 4.37. The number of carbonyl (C=O) groups is 1. The highest BCUT2D eigenvalue weighted by molar-refractivity contribution is 9.10. The average Bonchev–Trinajstić information content (AvgIpc) is 2.84. The lowest BCUT2D eigenvalue weighted by atomic mass is 10.2. The first kappa shape index (κ1) is 13.1. The summed E-state index contributed by atoms with van der Waals surface area (Å²) in [6.45, 7) is 0. The van der Waals surface area contributed by atoms with Crippen molar-refractivity contribution in [3.63, 3.8) is 0 Å². The van der Waals surface area contributed by atoms with E-state index in [9.17, 15) is 4.79 Å². The van der Waals surface area contributed by atoms with Gasteiger partial charge in [-0.05, 0) is 53.9 Å². The van der Waals surface area contributed by atoms with Gasteiger partial charge >= 0.3 is 0 Å². The molecule has 1 aromatic heterocycles. The van der Waals surface area contributed by atoms with Crippen LogP contribution in [-0.4, -0.2) is 5.91 Å². The number of thiophene rings is 1. The van der Waals surface area contributed by atoms with Crippen LogP contribution in [0, 0.1) is 0 Å². The number of nitrogen functional groups attached to an aromatic ring is 1. The summed E-state index contributed by atoms with van der Waals surface area (Å²) in [5.41, 5.74) is 7.22. The molecule has 0 bridgehead atoms. The predicted octanol–water partition coefficient (Wildman–Crippen LogP) is 4.50. The van der Waals surface area contributed by atoms with E-state index in [2.05, 4.69) is 21.2 Å². The minimum atomic E-state index is -0.105. The van der Waals surface area contributed by atoms with Crippen LogP contribution in [0.2, 0.25) is 0 Å². The van der Waals surface area contributed by atoms with Gasteiger partial charge in [0.05, 0.1) is 4.88 Å². The van der Waals surface area contributed by atoms with Crippen LogP contribution in [0.5, 0.6) is 0 Å². The number of carbonyl (C=O) groups excluding carboxylic acids is 1. The molecule has 0 spiro atoms. The van der Waals surface area contributed by atoms with Gasteiger partial charge in [0.25, 0.3) is 5.91 Å². The van der Waals surface area contributed by atoms with Crippen molar-refractivity contribution in [2.24, 2.45) is 0 Å². The number of hydrogen-bond donors (Lipinski definition) is 2. The van der Waals surface area contributed by atoms with E-state index in [1.54, 1.807) is 0 Å². The number of benzene rings is 2. The molecule has 1 heterocycles. The monoisotopic (exact) mass is 346 g/mol. The van der Waals surface area contributed by atoms with Crippen molar-refractivity contribution in [3.05, 3.63) is 57.9 Å². The van der Waals surface area contributed by atoms with E-state index in [1.807, 2.05) is 48.5 Å². The zero-order valence-corrected chi connectivity index (χ0v) is 12.8. The lowest BCUT2D eigenvalue weighted by Gasteiger charge is -2.02. The molecule has 3 rings (SSSR count). The van der Waals surface area contributed by atoms with Crippen LogP contribution in [0.3, 0.4) is 0 Å².